The SMILES string of the molecule is CCOC(=O)C1CCN(c2ccc([N+](=O)[O-])cc2N)CC1. The Morgan fingerprint density at radius 3 is 2.67 bits per heavy atom. The standard InChI is InChI=1S/C14H19N3O4/c1-2-21-14(18)10-5-7-16(8-6-10)13-4-3-11(17(19)20)9-12(13)15/h3-4,9-10H,2,5-8,15H2,1H3. The van der Waals surface area contributed by atoms with Crippen LogP contribution in [0.3, 0.4) is 0 Å². The van der Waals surface area contributed by atoms with Crippen molar-refractivity contribution < 1.29 is 14.5 Å². The molecule has 2 rings (SSSR count). The van der Waals surface area contributed by atoms with Crippen LogP contribution in [0, 0.1) is 16.0 Å². The Labute approximate surface area is 122 Å². The minimum absolute atomic E-state index is 0.0161. The largest absolute Gasteiger partial charge is 0.466 e. The number of benzene rings is 1. The summed E-state index contributed by atoms with van der Waals surface area (Å²) in [6, 6.07) is 4.48. The molecule has 0 bridgehead atoms. The summed E-state index contributed by atoms with van der Waals surface area (Å²) in [7, 11) is 0. The van der Waals surface area contributed by atoms with E-state index in [2.05, 4.69) is 4.90 Å². The first kappa shape index (κ1) is 15.1. The van der Waals surface area contributed by atoms with E-state index in [1.165, 1.54) is 12.1 Å². The van der Waals surface area contributed by atoms with E-state index in [1.54, 1.807) is 13.0 Å². The molecule has 114 valence electrons. The van der Waals surface area contributed by atoms with Crippen LogP contribution in [0.25, 0.3) is 0 Å². The van der Waals surface area contributed by atoms with Crippen molar-refractivity contribution in [3.8, 4) is 0 Å². The molecule has 0 atom stereocenters. The smallest absolute Gasteiger partial charge is 0.309 e. The molecular formula is C14H19N3O4. The minimum atomic E-state index is -0.465. The van der Waals surface area contributed by atoms with Crippen molar-refractivity contribution in [2.24, 2.45) is 5.92 Å². The summed E-state index contributed by atoms with van der Waals surface area (Å²) in [5.41, 5.74) is 7.05. The predicted molar refractivity (Wildman–Crippen MR) is 79.1 cm³/mol. The molecule has 0 aliphatic carbocycles. The minimum Gasteiger partial charge on any atom is -0.466 e. The van der Waals surface area contributed by atoms with Gasteiger partial charge in [-0.25, -0.2) is 0 Å². The molecule has 0 radical (unpaired) electrons. The third kappa shape index (κ3) is 3.42. The monoisotopic (exact) mass is 293 g/mol. The average molecular weight is 293 g/mol. The highest BCUT2D eigenvalue weighted by molar-refractivity contribution is 5.74. The first-order valence-electron chi connectivity index (χ1n) is 6.98. The Morgan fingerprint density at radius 1 is 1.48 bits per heavy atom. The molecule has 7 nitrogen and oxygen atoms in total. The summed E-state index contributed by atoms with van der Waals surface area (Å²) < 4.78 is 5.03. The summed E-state index contributed by atoms with van der Waals surface area (Å²) in [4.78, 5) is 24.0. The van der Waals surface area contributed by atoms with Crippen molar-refractivity contribution in [1.82, 2.24) is 0 Å². The summed E-state index contributed by atoms with van der Waals surface area (Å²) in [6.07, 6.45) is 1.41. The zero-order valence-electron chi connectivity index (χ0n) is 11.9. The Bertz CT molecular complexity index is 539. The molecule has 1 aliphatic heterocycles. The molecule has 21 heavy (non-hydrogen) atoms. The Balaban J connectivity index is 2.02. The van der Waals surface area contributed by atoms with Gasteiger partial charge in [-0.2, -0.15) is 0 Å². The molecule has 2 N–H and O–H groups in total. The van der Waals surface area contributed by atoms with Gasteiger partial charge < -0.3 is 15.4 Å². The van der Waals surface area contributed by atoms with Gasteiger partial charge in [0.25, 0.3) is 5.69 Å². The lowest BCUT2D eigenvalue weighted by atomic mass is 9.96. The fourth-order valence-corrected chi connectivity index (χ4v) is 2.56. The molecule has 0 spiro atoms. The maximum Gasteiger partial charge on any atom is 0.309 e. The zero-order chi connectivity index (χ0) is 15.4. The first-order valence-corrected chi connectivity index (χ1v) is 6.98. The van der Waals surface area contributed by atoms with E-state index in [-0.39, 0.29) is 17.6 Å². The normalized spacial score (nSPS) is 15.8. The Morgan fingerprint density at radius 2 is 2.14 bits per heavy atom. The summed E-state index contributed by atoms with van der Waals surface area (Å²) in [6.45, 7) is 3.57. The van der Waals surface area contributed by atoms with Gasteiger partial charge in [-0.1, -0.05) is 0 Å². The van der Waals surface area contributed by atoms with Gasteiger partial charge in [-0.05, 0) is 25.8 Å². The quantitative estimate of drug-likeness (QED) is 0.394. The first-order chi connectivity index (χ1) is 10.0. The maximum absolute atomic E-state index is 11.7. The number of esters is 1. The van der Waals surface area contributed by atoms with Crippen LogP contribution in [0.2, 0.25) is 0 Å². The van der Waals surface area contributed by atoms with Crippen molar-refractivity contribution in [1.29, 1.82) is 0 Å². The highest BCUT2D eigenvalue weighted by Gasteiger charge is 2.27. The zero-order valence-corrected chi connectivity index (χ0v) is 11.9. The van der Waals surface area contributed by atoms with E-state index in [1.807, 2.05) is 0 Å². The predicted octanol–water partition coefficient (Wildman–Crippen LogP) is 1.96. The lowest BCUT2D eigenvalue weighted by Gasteiger charge is -2.33. The van der Waals surface area contributed by atoms with Crippen molar-refractivity contribution in [3.05, 3.63) is 28.3 Å². The van der Waals surface area contributed by atoms with Crippen molar-refractivity contribution >= 4 is 23.0 Å². The topological polar surface area (TPSA) is 98.7 Å². The molecule has 0 saturated carbocycles. The number of piperidine rings is 1. The number of carbonyl (C=O) groups is 1. The van der Waals surface area contributed by atoms with Crippen LogP contribution in [0.1, 0.15) is 19.8 Å². The number of ether oxygens (including phenoxy) is 1. The van der Waals surface area contributed by atoms with Crippen molar-refractivity contribution in [3.63, 3.8) is 0 Å². The molecule has 1 aromatic carbocycles. The van der Waals surface area contributed by atoms with Crippen LogP contribution in [0.15, 0.2) is 18.2 Å². The molecular weight excluding hydrogens is 274 g/mol. The van der Waals surface area contributed by atoms with Gasteiger partial charge in [-0.3, -0.25) is 14.9 Å². The van der Waals surface area contributed by atoms with E-state index in [9.17, 15) is 14.9 Å². The third-order valence-corrected chi connectivity index (χ3v) is 3.68. The lowest BCUT2D eigenvalue weighted by Crippen LogP contribution is -2.37. The third-order valence-electron chi connectivity index (χ3n) is 3.68. The second kappa shape index (κ2) is 6.43. The van der Waals surface area contributed by atoms with Crippen molar-refractivity contribution in [2.75, 3.05) is 30.3 Å². The number of nitro groups is 1. The van der Waals surface area contributed by atoms with Crippen LogP contribution >= 0.6 is 0 Å². The number of nitrogen functional groups attached to an aromatic ring is 1. The molecule has 0 amide bonds. The number of hydrogen-bond acceptors (Lipinski definition) is 6. The maximum atomic E-state index is 11.7. The molecule has 7 heteroatoms. The van der Waals surface area contributed by atoms with Crippen LogP contribution in [0.4, 0.5) is 17.1 Å². The fourth-order valence-electron chi connectivity index (χ4n) is 2.56. The highest BCUT2D eigenvalue weighted by Crippen LogP contribution is 2.31. The fraction of sp³-hybridized carbons (Fsp3) is 0.500. The van der Waals surface area contributed by atoms with E-state index in [0.29, 0.717) is 38.2 Å². The molecule has 1 saturated heterocycles. The molecule has 0 unspecified atom stereocenters. The molecule has 0 aromatic heterocycles. The number of nitrogens with two attached hydrogens (primary N) is 1. The van der Waals surface area contributed by atoms with Gasteiger partial charge in [0, 0.05) is 25.2 Å². The number of rotatable bonds is 4. The number of anilines is 2. The summed E-state index contributed by atoms with van der Waals surface area (Å²) in [5.74, 6) is -0.214. The van der Waals surface area contributed by atoms with Gasteiger partial charge >= 0.3 is 5.97 Å². The Hall–Kier alpha value is -2.31. The molecule has 1 aromatic rings. The van der Waals surface area contributed by atoms with E-state index in [0.717, 1.165) is 5.69 Å². The second-order valence-corrected chi connectivity index (χ2v) is 5.01. The average Bonchev–Trinajstić information content (AvgIpc) is 2.47. The molecule has 1 fully saturated rings. The van der Waals surface area contributed by atoms with E-state index in [4.69, 9.17) is 10.5 Å². The van der Waals surface area contributed by atoms with Gasteiger partial charge in [0.15, 0.2) is 0 Å². The number of nitrogens with zero attached hydrogens (tertiary/aromatic N) is 2. The summed E-state index contributed by atoms with van der Waals surface area (Å²) in [5, 5.41) is 10.7. The van der Waals surface area contributed by atoms with Gasteiger partial charge in [0.05, 0.1) is 28.8 Å². The number of hydrogen-bond donors (Lipinski definition) is 1. The number of carbonyl (C=O) groups excluding carboxylic acids is 1. The van der Waals surface area contributed by atoms with Gasteiger partial charge in [0.2, 0.25) is 0 Å². The van der Waals surface area contributed by atoms with E-state index < -0.39 is 4.92 Å². The van der Waals surface area contributed by atoms with Crippen molar-refractivity contribution in [2.45, 2.75) is 19.8 Å². The lowest BCUT2D eigenvalue weighted by molar-refractivity contribution is -0.384. The van der Waals surface area contributed by atoms with Gasteiger partial charge in [-0.15, -0.1) is 0 Å². The highest BCUT2D eigenvalue weighted by atomic mass is 16.6. The van der Waals surface area contributed by atoms with Crippen LogP contribution in [-0.4, -0.2) is 30.6 Å². The molecule has 1 aliphatic rings. The van der Waals surface area contributed by atoms with Gasteiger partial charge in [0.1, 0.15) is 0 Å². The summed E-state index contributed by atoms with van der Waals surface area (Å²) >= 11 is 0. The number of nitro benzene ring substituents is 1. The number of non-ortho nitro benzene ring substituents is 1. The molecule has 1 heterocycles. The van der Waals surface area contributed by atoms with Crippen LogP contribution in [0.5, 0.6) is 0 Å². The van der Waals surface area contributed by atoms with Crippen LogP contribution < -0.4 is 10.6 Å². The van der Waals surface area contributed by atoms with E-state index >= 15 is 0 Å². The Kier molecular flexibility index (Phi) is 4.62. The second-order valence-electron chi connectivity index (χ2n) is 5.01. The van der Waals surface area contributed by atoms with Crippen LogP contribution in [-0.2, 0) is 9.53 Å².